The van der Waals surface area contributed by atoms with Crippen molar-refractivity contribution in [3.05, 3.63) is 48.0 Å². The van der Waals surface area contributed by atoms with E-state index in [-0.39, 0.29) is 24.5 Å². The van der Waals surface area contributed by atoms with E-state index in [0.29, 0.717) is 0 Å². The summed E-state index contributed by atoms with van der Waals surface area (Å²) in [5.74, 6) is -0.747. The Morgan fingerprint density at radius 3 is 2.45 bits per heavy atom. The standard InChI is InChI=1S/C16H21NO3/c1-16(2,3)10-9-14(18)17-11-15(19)20-12-13-7-5-4-6-8-13/h4-10H,11-12H2,1-3H3,(H,17,18)/b10-9+. The van der Waals surface area contributed by atoms with Crippen LogP contribution in [0.1, 0.15) is 26.3 Å². The number of allylic oxidation sites excluding steroid dienone is 1. The third-order valence-electron chi connectivity index (χ3n) is 2.38. The van der Waals surface area contributed by atoms with Crippen LogP contribution in [0.4, 0.5) is 0 Å². The van der Waals surface area contributed by atoms with Gasteiger partial charge in [-0.25, -0.2) is 0 Å². The lowest BCUT2D eigenvalue weighted by Gasteiger charge is -2.10. The number of amides is 1. The predicted octanol–water partition coefficient (Wildman–Crippen LogP) is 2.45. The van der Waals surface area contributed by atoms with Gasteiger partial charge in [-0.1, -0.05) is 57.2 Å². The minimum Gasteiger partial charge on any atom is -0.460 e. The summed E-state index contributed by atoms with van der Waals surface area (Å²) in [4.78, 5) is 22.9. The van der Waals surface area contributed by atoms with Crippen LogP contribution in [0.2, 0.25) is 0 Å². The first-order valence-electron chi connectivity index (χ1n) is 6.53. The maximum Gasteiger partial charge on any atom is 0.325 e. The Kier molecular flexibility index (Phi) is 5.97. The van der Waals surface area contributed by atoms with Crippen molar-refractivity contribution >= 4 is 11.9 Å². The van der Waals surface area contributed by atoms with Crippen LogP contribution in [-0.2, 0) is 20.9 Å². The fraction of sp³-hybridized carbons (Fsp3) is 0.375. The third kappa shape index (κ3) is 7.36. The number of nitrogens with one attached hydrogen (secondary N) is 1. The first-order valence-corrected chi connectivity index (χ1v) is 6.53. The second kappa shape index (κ2) is 7.48. The quantitative estimate of drug-likeness (QED) is 0.663. The Morgan fingerprint density at radius 2 is 1.85 bits per heavy atom. The molecule has 1 rings (SSSR count). The van der Waals surface area contributed by atoms with Gasteiger partial charge in [-0.3, -0.25) is 9.59 Å². The first-order chi connectivity index (χ1) is 9.37. The molecule has 0 heterocycles. The summed E-state index contributed by atoms with van der Waals surface area (Å²) in [6, 6.07) is 9.40. The van der Waals surface area contributed by atoms with Crippen molar-refractivity contribution in [3.63, 3.8) is 0 Å². The molecule has 0 fully saturated rings. The van der Waals surface area contributed by atoms with Gasteiger partial charge < -0.3 is 10.1 Å². The molecular weight excluding hydrogens is 254 g/mol. The highest BCUT2D eigenvalue weighted by atomic mass is 16.5. The average Bonchev–Trinajstić information content (AvgIpc) is 2.41. The maximum absolute atomic E-state index is 11.5. The van der Waals surface area contributed by atoms with E-state index in [4.69, 9.17) is 4.74 Å². The number of esters is 1. The molecule has 0 aliphatic heterocycles. The highest BCUT2D eigenvalue weighted by Gasteiger charge is 2.07. The maximum atomic E-state index is 11.5. The summed E-state index contributed by atoms with van der Waals surface area (Å²) in [6.45, 7) is 6.06. The van der Waals surface area contributed by atoms with Crippen LogP contribution in [0.25, 0.3) is 0 Å². The van der Waals surface area contributed by atoms with Gasteiger partial charge in [0, 0.05) is 0 Å². The van der Waals surface area contributed by atoms with Gasteiger partial charge in [0.1, 0.15) is 13.2 Å². The average molecular weight is 275 g/mol. The molecule has 1 aromatic rings. The zero-order valence-electron chi connectivity index (χ0n) is 12.2. The summed E-state index contributed by atoms with van der Waals surface area (Å²) in [7, 11) is 0. The number of benzene rings is 1. The van der Waals surface area contributed by atoms with Gasteiger partial charge in [-0.05, 0) is 17.1 Å². The van der Waals surface area contributed by atoms with Gasteiger partial charge in [-0.15, -0.1) is 0 Å². The van der Waals surface area contributed by atoms with E-state index in [1.165, 1.54) is 6.08 Å². The van der Waals surface area contributed by atoms with Gasteiger partial charge in [0.15, 0.2) is 0 Å². The number of carbonyl (C=O) groups excluding carboxylic acids is 2. The summed E-state index contributed by atoms with van der Waals surface area (Å²) in [5.41, 5.74) is 0.852. The summed E-state index contributed by atoms with van der Waals surface area (Å²) >= 11 is 0. The summed E-state index contributed by atoms with van der Waals surface area (Å²) < 4.78 is 5.05. The zero-order valence-corrected chi connectivity index (χ0v) is 12.2. The summed E-state index contributed by atoms with van der Waals surface area (Å²) in [5, 5.41) is 2.49. The summed E-state index contributed by atoms with van der Waals surface area (Å²) in [6.07, 6.45) is 3.22. The van der Waals surface area contributed by atoms with Crippen molar-refractivity contribution in [2.45, 2.75) is 27.4 Å². The molecule has 108 valence electrons. The van der Waals surface area contributed by atoms with Gasteiger partial charge in [-0.2, -0.15) is 0 Å². The van der Waals surface area contributed by atoms with Crippen LogP contribution in [0.15, 0.2) is 42.5 Å². The second-order valence-corrected chi connectivity index (χ2v) is 5.56. The van der Waals surface area contributed by atoms with E-state index in [1.807, 2.05) is 51.1 Å². The number of hydrogen-bond donors (Lipinski definition) is 1. The predicted molar refractivity (Wildman–Crippen MR) is 77.8 cm³/mol. The molecule has 0 unspecified atom stereocenters. The second-order valence-electron chi connectivity index (χ2n) is 5.56. The van der Waals surface area contributed by atoms with Crippen molar-refractivity contribution in [2.75, 3.05) is 6.54 Å². The molecule has 1 aromatic carbocycles. The van der Waals surface area contributed by atoms with Gasteiger partial charge in [0.25, 0.3) is 0 Å². The van der Waals surface area contributed by atoms with Gasteiger partial charge in [0.05, 0.1) is 0 Å². The SMILES string of the molecule is CC(C)(C)/C=C/C(=O)NCC(=O)OCc1ccccc1. The molecule has 0 saturated heterocycles. The number of ether oxygens (including phenoxy) is 1. The Bertz CT molecular complexity index is 472. The minimum atomic E-state index is -0.452. The van der Waals surface area contributed by atoms with Crippen LogP contribution in [-0.4, -0.2) is 18.4 Å². The van der Waals surface area contributed by atoms with E-state index >= 15 is 0 Å². The number of carbonyl (C=O) groups is 2. The molecule has 0 aliphatic rings. The molecule has 20 heavy (non-hydrogen) atoms. The van der Waals surface area contributed by atoms with Crippen LogP contribution in [0, 0.1) is 5.41 Å². The van der Waals surface area contributed by atoms with Crippen LogP contribution in [0.5, 0.6) is 0 Å². The molecule has 4 nitrogen and oxygen atoms in total. The topological polar surface area (TPSA) is 55.4 Å². The van der Waals surface area contributed by atoms with Crippen molar-refractivity contribution in [2.24, 2.45) is 5.41 Å². The molecule has 0 atom stereocenters. The van der Waals surface area contributed by atoms with Crippen LogP contribution in [0.3, 0.4) is 0 Å². The molecule has 0 saturated carbocycles. The molecular formula is C16H21NO3. The molecule has 4 heteroatoms. The Labute approximate surface area is 119 Å². The lowest BCUT2D eigenvalue weighted by molar-refractivity contribution is -0.144. The molecule has 0 bridgehead atoms. The van der Waals surface area contributed by atoms with E-state index in [0.717, 1.165) is 5.56 Å². The van der Waals surface area contributed by atoms with Crippen molar-refractivity contribution in [1.82, 2.24) is 5.32 Å². The highest BCUT2D eigenvalue weighted by Crippen LogP contribution is 2.13. The third-order valence-corrected chi connectivity index (χ3v) is 2.38. The molecule has 1 N–H and O–H groups in total. The van der Waals surface area contributed by atoms with Gasteiger partial charge in [0.2, 0.25) is 5.91 Å². The van der Waals surface area contributed by atoms with E-state index < -0.39 is 5.97 Å². The van der Waals surface area contributed by atoms with Crippen molar-refractivity contribution < 1.29 is 14.3 Å². The number of rotatable bonds is 5. The van der Waals surface area contributed by atoms with Crippen molar-refractivity contribution in [3.8, 4) is 0 Å². The normalized spacial score (nSPS) is 11.3. The highest BCUT2D eigenvalue weighted by molar-refractivity contribution is 5.90. The van der Waals surface area contributed by atoms with Crippen LogP contribution < -0.4 is 5.32 Å². The number of hydrogen-bond acceptors (Lipinski definition) is 3. The molecule has 1 amide bonds. The van der Waals surface area contributed by atoms with Gasteiger partial charge >= 0.3 is 5.97 Å². The lowest BCUT2D eigenvalue weighted by Crippen LogP contribution is -2.29. The molecule has 0 radical (unpaired) electrons. The fourth-order valence-electron chi connectivity index (χ4n) is 1.33. The Balaban J connectivity index is 2.26. The lowest BCUT2D eigenvalue weighted by atomic mass is 9.96. The smallest absolute Gasteiger partial charge is 0.325 e. The van der Waals surface area contributed by atoms with E-state index in [9.17, 15) is 9.59 Å². The first kappa shape index (κ1) is 16.0. The Morgan fingerprint density at radius 1 is 1.20 bits per heavy atom. The molecule has 0 aromatic heterocycles. The fourth-order valence-corrected chi connectivity index (χ4v) is 1.33. The monoisotopic (exact) mass is 275 g/mol. The van der Waals surface area contributed by atoms with Crippen LogP contribution >= 0.6 is 0 Å². The molecule has 0 aliphatic carbocycles. The van der Waals surface area contributed by atoms with Crippen molar-refractivity contribution in [1.29, 1.82) is 0 Å². The largest absolute Gasteiger partial charge is 0.460 e. The minimum absolute atomic E-state index is 0.0643. The molecule has 0 spiro atoms. The van der Waals surface area contributed by atoms with E-state index in [1.54, 1.807) is 6.08 Å². The zero-order chi connectivity index (χ0) is 15.0. The van der Waals surface area contributed by atoms with E-state index in [2.05, 4.69) is 5.32 Å². The Hall–Kier alpha value is -2.10.